The lowest BCUT2D eigenvalue weighted by Gasteiger charge is -2.17. The molecular formula is C18H19NO3. The van der Waals surface area contributed by atoms with E-state index >= 15 is 0 Å². The minimum atomic E-state index is -0.388. The van der Waals surface area contributed by atoms with Gasteiger partial charge in [0.15, 0.2) is 6.61 Å². The molecule has 22 heavy (non-hydrogen) atoms. The molecule has 114 valence electrons. The summed E-state index contributed by atoms with van der Waals surface area (Å²) in [6, 6.07) is 19.6. The Labute approximate surface area is 130 Å². The van der Waals surface area contributed by atoms with Crippen LogP contribution in [0.15, 0.2) is 60.7 Å². The van der Waals surface area contributed by atoms with E-state index in [1.807, 2.05) is 60.7 Å². The molecule has 0 fully saturated rings. The van der Waals surface area contributed by atoms with Crippen molar-refractivity contribution in [1.82, 2.24) is 5.32 Å². The standard InChI is InChI=1S/C18H19NO3/c1-19-17(20)13-22-18(21)12-16(14-8-4-2-5-9-14)15-10-6-3-7-11-15/h2-11,16H,12-13H2,1H3,(H,19,20). The molecule has 0 saturated carbocycles. The van der Waals surface area contributed by atoms with Gasteiger partial charge in [-0.15, -0.1) is 0 Å². The number of benzene rings is 2. The summed E-state index contributed by atoms with van der Waals surface area (Å²) in [5.41, 5.74) is 2.09. The van der Waals surface area contributed by atoms with E-state index < -0.39 is 0 Å². The summed E-state index contributed by atoms with van der Waals surface area (Å²) >= 11 is 0. The first kappa shape index (κ1) is 15.8. The van der Waals surface area contributed by atoms with Crippen LogP contribution in [0.3, 0.4) is 0 Å². The monoisotopic (exact) mass is 297 g/mol. The third-order valence-electron chi connectivity index (χ3n) is 3.42. The fourth-order valence-corrected chi connectivity index (χ4v) is 2.24. The van der Waals surface area contributed by atoms with E-state index in [0.29, 0.717) is 0 Å². The number of carbonyl (C=O) groups excluding carboxylic acids is 2. The second-order valence-corrected chi connectivity index (χ2v) is 4.91. The fraction of sp³-hybridized carbons (Fsp3) is 0.222. The number of likely N-dealkylation sites (N-methyl/N-ethyl adjacent to an activating group) is 1. The lowest BCUT2D eigenvalue weighted by Crippen LogP contribution is -2.25. The molecule has 2 aromatic carbocycles. The van der Waals surface area contributed by atoms with Gasteiger partial charge in [0.25, 0.3) is 5.91 Å². The lowest BCUT2D eigenvalue weighted by molar-refractivity contribution is -0.148. The van der Waals surface area contributed by atoms with Crippen molar-refractivity contribution in [3.05, 3.63) is 71.8 Å². The summed E-state index contributed by atoms with van der Waals surface area (Å²) in [6.45, 7) is -0.244. The number of amides is 1. The Balaban J connectivity index is 2.12. The maximum absolute atomic E-state index is 12.0. The van der Waals surface area contributed by atoms with Gasteiger partial charge in [-0.2, -0.15) is 0 Å². The highest BCUT2D eigenvalue weighted by Crippen LogP contribution is 2.28. The van der Waals surface area contributed by atoms with Crippen molar-refractivity contribution in [1.29, 1.82) is 0 Å². The van der Waals surface area contributed by atoms with Crippen LogP contribution in [0.5, 0.6) is 0 Å². The Bertz CT molecular complexity index is 571. The van der Waals surface area contributed by atoms with E-state index in [9.17, 15) is 9.59 Å². The first-order chi connectivity index (χ1) is 10.7. The number of hydrogen-bond acceptors (Lipinski definition) is 3. The molecule has 0 aliphatic heterocycles. The van der Waals surface area contributed by atoms with Gasteiger partial charge in [-0.25, -0.2) is 0 Å². The maximum Gasteiger partial charge on any atom is 0.307 e. The second-order valence-electron chi connectivity index (χ2n) is 4.91. The molecule has 4 nitrogen and oxygen atoms in total. The Hall–Kier alpha value is -2.62. The molecule has 0 saturated heterocycles. The molecule has 2 aromatic rings. The smallest absolute Gasteiger partial charge is 0.307 e. The Morgan fingerprint density at radius 3 is 1.91 bits per heavy atom. The van der Waals surface area contributed by atoms with Gasteiger partial charge in [0.05, 0.1) is 6.42 Å². The number of ether oxygens (including phenoxy) is 1. The van der Waals surface area contributed by atoms with E-state index in [0.717, 1.165) is 11.1 Å². The summed E-state index contributed by atoms with van der Waals surface area (Å²) < 4.78 is 5.02. The Kier molecular flexibility index (Phi) is 5.72. The van der Waals surface area contributed by atoms with E-state index in [-0.39, 0.29) is 30.8 Å². The van der Waals surface area contributed by atoms with Gasteiger partial charge < -0.3 is 10.1 Å². The molecule has 2 rings (SSSR count). The molecule has 4 heteroatoms. The molecule has 0 aliphatic rings. The zero-order chi connectivity index (χ0) is 15.8. The van der Waals surface area contributed by atoms with Gasteiger partial charge in [0.2, 0.25) is 0 Å². The van der Waals surface area contributed by atoms with Crippen LogP contribution in [0.1, 0.15) is 23.5 Å². The number of hydrogen-bond donors (Lipinski definition) is 1. The molecule has 0 bridgehead atoms. The number of rotatable bonds is 6. The van der Waals surface area contributed by atoms with Gasteiger partial charge >= 0.3 is 5.97 Å². The summed E-state index contributed by atoms with van der Waals surface area (Å²) in [4.78, 5) is 23.2. The highest BCUT2D eigenvalue weighted by atomic mass is 16.5. The quantitative estimate of drug-likeness (QED) is 0.833. The summed E-state index contributed by atoms with van der Waals surface area (Å²) in [6.07, 6.45) is 0.199. The minimum Gasteiger partial charge on any atom is -0.456 e. The number of nitrogens with one attached hydrogen (secondary N) is 1. The van der Waals surface area contributed by atoms with Gasteiger partial charge in [0, 0.05) is 13.0 Å². The van der Waals surface area contributed by atoms with E-state index in [1.165, 1.54) is 7.05 Å². The molecule has 1 amide bonds. The Morgan fingerprint density at radius 1 is 0.955 bits per heavy atom. The zero-order valence-corrected chi connectivity index (χ0v) is 12.5. The largest absolute Gasteiger partial charge is 0.456 e. The van der Waals surface area contributed by atoms with Crippen molar-refractivity contribution >= 4 is 11.9 Å². The molecular weight excluding hydrogens is 278 g/mol. The van der Waals surface area contributed by atoms with Crippen molar-refractivity contribution in [2.24, 2.45) is 0 Å². The minimum absolute atomic E-state index is 0.0837. The molecule has 0 radical (unpaired) electrons. The van der Waals surface area contributed by atoms with Crippen molar-refractivity contribution in [3.63, 3.8) is 0 Å². The van der Waals surface area contributed by atoms with Crippen LogP contribution in [-0.2, 0) is 14.3 Å². The average molecular weight is 297 g/mol. The molecule has 1 N–H and O–H groups in total. The van der Waals surface area contributed by atoms with E-state index in [4.69, 9.17) is 4.74 Å². The van der Waals surface area contributed by atoms with Crippen LogP contribution >= 0.6 is 0 Å². The molecule has 0 spiro atoms. The van der Waals surface area contributed by atoms with Crippen LogP contribution in [0, 0.1) is 0 Å². The summed E-state index contributed by atoms with van der Waals surface area (Å²) in [7, 11) is 1.51. The number of carbonyl (C=O) groups is 2. The van der Waals surface area contributed by atoms with Crippen LogP contribution in [0.25, 0.3) is 0 Å². The SMILES string of the molecule is CNC(=O)COC(=O)CC(c1ccccc1)c1ccccc1. The van der Waals surface area contributed by atoms with Gasteiger partial charge in [-0.1, -0.05) is 60.7 Å². The molecule has 0 unspecified atom stereocenters. The summed E-state index contributed by atoms with van der Waals surface area (Å²) in [5.74, 6) is -0.787. The lowest BCUT2D eigenvalue weighted by atomic mass is 9.89. The molecule has 0 atom stereocenters. The Morgan fingerprint density at radius 2 is 1.45 bits per heavy atom. The zero-order valence-electron chi connectivity index (χ0n) is 12.5. The third kappa shape index (κ3) is 4.45. The van der Waals surface area contributed by atoms with Gasteiger partial charge in [-0.05, 0) is 11.1 Å². The van der Waals surface area contributed by atoms with Crippen molar-refractivity contribution < 1.29 is 14.3 Å². The highest BCUT2D eigenvalue weighted by molar-refractivity contribution is 5.80. The van der Waals surface area contributed by atoms with Gasteiger partial charge in [0.1, 0.15) is 0 Å². The first-order valence-corrected chi connectivity index (χ1v) is 7.17. The maximum atomic E-state index is 12.0. The first-order valence-electron chi connectivity index (χ1n) is 7.17. The normalized spacial score (nSPS) is 10.3. The van der Waals surface area contributed by atoms with Crippen molar-refractivity contribution in [2.75, 3.05) is 13.7 Å². The predicted octanol–water partition coefficient (Wildman–Crippen LogP) is 2.50. The van der Waals surface area contributed by atoms with E-state index in [1.54, 1.807) is 0 Å². The fourth-order valence-electron chi connectivity index (χ4n) is 2.24. The molecule has 0 aromatic heterocycles. The number of esters is 1. The molecule has 0 aliphatic carbocycles. The van der Waals surface area contributed by atoms with Crippen molar-refractivity contribution in [3.8, 4) is 0 Å². The van der Waals surface area contributed by atoms with Crippen LogP contribution in [0.4, 0.5) is 0 Å². The van der Waals surface area contributed by atoms with Gasteiger partial charge in [-0.3, -0.25) is 9.59 Å². The van der Waals surface area contributed by atoms with Crippen LogP contribution < -0.4 is 5.32 Å². The van der Waals surface area contributed by atoms with Crippen LogP contribution in [-0.4, -0.2) is 25.5 Å². The third-order valence-corrected chi connectivity index (χ3v) is 3.42. The second kappa shape index (κ2) is 7.98. The topological polar surface area (TPSA) is 55.4 Å². The highest BCUT2D eigenvalue weighted by Gasteiger charge is 2.19. The van der Waals surface area contributed by atoms with E-state index in [2.05, 4.69) is 5.32 Å². The predicted molar refractivity (Wildman–Crippen MR) is 84.4 cm³/mol. The summed E-state index contributed by atoms with van der Waals surface area (Å²) in [5, 5.41) is 2.42. The van der Waals surface area contributed by atoms with Crippen LogP contribution in [0.2, 0.25) is 0 Å². The van der Waals surface area contributed by atoms with Crippen molar-refractivity contribution in [2.45, 2.75) is 12.3 Å². The average Bonchev–Trinajstić information content (AvgIpc) is 2.59. The molecule has 0 heterocycles.